The normalized spacial score (nSPS) is 12.9. The highest BCUT2D eigenvalue weighted by Gasteiger charge is 2.02. The molecule has 0 fully saturated rings. The van der Waals surface area contributed by atoms with Crippen molar-refractivity contribution in [2.45, 2.75) is 33.3 Å². The number of nitrogens with one attached hydrogen (secondary N) is 1. The van der Waals surface area contributed by atoms with Crippen molar-refractivity contribution in [2.75, 3.05) is 11.9 Å². The Kier molecular flexibility index (Phi) is 4.49. The Morgan fingerprint density at radius 3 is 2.67 bits per heavy atom. The Hall–Kier alpha value is -1.16. The molecule has 0 radical (unpaired) electrons. The summed E-state index contributed by atoms with van der Waals surface area (Å²) in [4.78, 5) is 8.28. The zero-order chi connectivity index (χ0) is 11.3. The summed E-state index contributed by atoms with van der Waals surface area (Å²) in [7, 11) is 0. The van der Waals surface area contributed by atoms with Gasteiger partial charge in [-0.2, -0.15) is 0 Å². The predicted molar refractivity (Wildman–Crippen MR) is 60.7 cm³/mol. The van der Waals surface area contributed by atoms with E-state index in [2.05, 4.69) is 29.1 Å². The summed E-state index contributed by atoms with van der Waals surface area (Å²) in [6.45, 7) is 6.57. The second-order valence-corrected chi connectivity index (χ2v) is 4.22. The average Bonchev–Trinajstić information content (AvgIpc) is 2.14. The molecular weight excluding hydrogens is 190 g/mol. The molecular formula is C11H19N3O. The van der Waals surface area contributed by atoms with Gasteiger partial charge in [-0.15, -0.1) is 0 Å². The highest BCUT2D eigenvalue weighted by Crippen LogP contribution is 2.08. The maximum Gasteiger partial charge on any atom is 0.129 e. The molecule has 2 N–H and O–H groups in total. The van der Waals surface area contributed by atoms with E-state index >= 15 is 0 Å². The first-order chi connectivity index (χ1) is 7.08. The second-order valence-electron chi connectivity index (χ2n) is 4.22. The number of rotatable bonds is 5. The molecule has 0 aliphatic carbocycles. The van der Waals surface area contributed by atoms with E-state index in [9.17, 15) is 0 Å². The van der Waals surface area contributed by atoms with Crippen molar-refractivity contribution in [1.82, 2.24) is 9.97 Å². The van der Waals surface area contributed by atoms with Crippen molar-refractivity contribution in [2.24, 2.45) is 5.92 Å². The third kappa shape index (κ3) is 4.74. The van der Waals surface area contributed by atoms with Crippen LogP contribution in [-0.4, -0.2) is 27.7 Å². The van der Waals surface area contributed by atoms with Crippen molar-refractivity contribution in [3.05, 3.63) is 18.1 Å². The van der Waals surface area contributed by atoms with Gasteiger partial charge < -0.3 is 10.4 Å². The smallest absolute Gasteiger partial charge is 0.129 e. The Morgan fingerprint density at radius 2 is 2.07 bits per heavy atom. The summed E-state index contributed by atoms with van der Waals surface area (Å²) < 4.78 is 0. The zero-order valence-corrected chi connectivity index (χ0v) is 9.57. The number of aliphatic hydroxyl groups excluding tert-OH is 1. The van der Waals surface area contributed by atoms with Crippen molar-refractivity contribution in [3.63, 3.8) is 0 Å². The molecule has 0 spiro atoms. The first-order valence-corrected chi connectivity index (χ1v) is 5.30. The van der Waals surface area contributed by atoms with Crippen molar-refractivity contribution < 1.29 is 5.11 Å². The molecule has 0 bridgehead atoms. The van der Waals surface area contributed by atoms with Crippen LogP contribution in [0.2, 0.25) is 0 Å². The number of aliphatic hydroxyl groups is 1. The quantitative estimate of drug-likeness (QED) is 0.771. The van der Waals surface area contributed by atoms with Gasteiger partial charge in [0.1, 0.15) is 12.1 Å². The summed E-state index contributed by atoms with van der Waals surface area (Å²) >= 11 is 0. The Labute approximate surface area is 90.8 Å². The van der Waals surface area contributed by atoms with Crippen molar-refractivity contribution >= 4 is 5.82 Å². The maximum absolute atomic E-state index is 9.12. The van der Waals surface area contributed by atoms with Gasteiger partial charge in [-0.05, 0) is 19.3 Å². The second kappa shape index (κ2) is 5.66. The lowest BCUT2D eigenvalue weighted by atomic mass is 10.1. The van der Waals surface area contributed by atoms with Gasteiger partial charge in [0.2, 0.25) is 0 Å². The van der Waals surface area contributed by atoms with Crippen molar-refractivity contribution in [1.29, 1.82) is 0 Å². The number of aromatic nitrogens is 2. The van der Waals surface area contributed by atoms with Gasteiger partial charge >= 0.3 is 0 Å². The monoisotopic (exact) mass is 209 g/mol. The third-order valence-electron chi connectivity index (χ3n) is 1.92. The van der Waals surface area contributed by atoms with Crippen LogP contribution in [0.5, 0.6) is 0 Å². The lowest BCUT2D eigenvalue weighted by Gasteiger charge is -2.09. The van der Waals surface area contributed by atoms with Crippen LogP contribution in [0.4, 0.5) is 5.82 Å². The molecule has 0 aliphatic heterocycles. The van der Waals surface area contributed by atoms with Gasteiger partial charge in [0.25, 0.3) is 0 Å². The van der Waals surface area contributed by atoms with Crippen molar-refractivity contribution in [3.8, 4) is 0 Å². The van der Waals surface area contributed by atoms with Crippen LogP contribution in [0.25, 0.3) is 0 Å². The van der Waals surface area contributed by atoms with E-state index < -0.39 is 0 Å². The van der Waals surface area contributed by atoms with Crippen LogP contribution in [0.15, 0.2) is 12.4 Å². The zero-order valence-electron chi connectivity index (χ0n) is 9.57. The van der Waals surface area contributed by atoms with E-state index in [0.717, 1.165) is 17.9 Å². The highest BCUT2D eigenvalue weighted by atomic mass is 16.3. The van der Waals surface area contributed by atoms with Crippen LogP contribution in [0, 0.1) is 5.92 Å². The number of hydrogen-bond acceptors (Lipinski definition) is 4. The topological polar surface area (TPSA) is 58.0 Å². The minimum Gasteiger partial charge on any atom is -0.392 e. The van der Waals surface area contributed by atoms with Gasteiger partial charge in [0.05, 0.1) is 6.10 Å². The molecule has 1 atom stereocenters. The molecule has 1 unspecified atom stereocenters. The van der Waals surface area contributed by atoms with E-state index in [1.54, 1.807) is 13.3 Å². The van der Waals surface area contributed by atoms with E-state index in [0.29, 0.717) is 12.5 Å². The minimum atomic E-state index is -0.367. The molecule has 4 heteroatoms. The molecule has 1 heterocycles. The molecule has 1 aromatic rings. The SMILES string of the molecule is CC(C)Cc1cc(NCC(C)O)ncn1. The van der Waals surface area contributed by atoms with Crippen LogP contribution in [-0.2, 0) is 6.42 Å². The minimum absolute atomic E-state index is 0.367. The summed E-state index contributed by atoms with van der Waals surface area (Å²) in [5.74, 6) is 1.37. The molecule has 0 aliphatic rings. The van der Waals surface area contributed by atoms with Gasteiger partial charge in [-0.25, -0.2) is 9.97 Å². The standard InChI is InChI=1S/C11H19N3O/c1-8(2)4-10-5-11(14-7-13-10)12-6-9(3)15/h5,7-9,15H,4,6H2,1-3H3,(H,12,13,14). The summed E-state index contributed by atoms with van der Waals surface area (Å²) in [5.41, 5.74) is 1.04. The summed E-state index contributed by atoms with van der Waals surface area (Å²) in [5, 5.41) is 12.2. The van der Waals surface area contributed by atoms with E-state index in [1.165, 1.54) is 0 Å². The molecule has 0 amide bonds. The molecule has 15 heavy (non-hydrogen) atoms. The fourth-order valence-corrected chi connectivity index (χ4v) is 1.28. The molecule has 84 valence electrons. The predicted octanol–water partition coefficient (Wildman–Crippen LogP) is 1.47. The lowest BCUT2D eigenvalue weighted by molar-refractivity contribution is 0.208. The summed E-state index contributed by atoms with van der Waals surface area (Å²) in [6, 6.07) is 1.93. The van der Waals surface area contributed by atoms with Gasteiger partial charge in [0.15, 0.2) is 0 Å². The average molecular weight is 209 g/mol. The molecule has 0 saturated heterocycles. The molecule has 4 nitrogen and oxygen atoms in total. The van der Waals surface area contributed by atoms with Crippen LogP contribution < -0.4 is 5.32 Å². The third-order valence-corrected chi connectivity index (χ3v) is 1.92. The highest BCUT2D eigenvalue weighted by molar-refractivity contribution is 5.34. The molecule has 0 aromatic carbocycles. The molecule has 1 rings (SSSR count). The van der Waals surface area contributed by atoms with E-state index in [1.807, 2.05) is 6.07 Å². The Bertz CT molecular complexity index is 300. The number of nitrogens with zero attached hydrogens (tertiary/aromatic N) is 2. The number of hydrogen-bond donors (Lipinski definition) is 2. The van der Waals surface area contributed by atoms with E-state index in [-0.39, 0.29) is 6.10 Å². The van der Waals surface area contributed by atoms with Gasteiger partial charge in [-0.3, -0.25) is 0 Å². The van der Waals surface area contributed by atoms with Gasteiger partial charge in [0, 0.05) is 18.3 Å². The van der Waals surface area contributed by atoms with Crippen LogP contribution in [0.3, 0.4) is 0 Å². The van der Waals surface area contributed by atoms with Crippen LogP contribution in [0.1, 0.15) is 26.5 Å². The largest absolute Gasteiger partial charge is 0.392 e. The fourth-order valence-electron chi connectivity index (χ4n) is 1.28. The number of anilines is 1. The molecule has 0 saturated carbocycles. The first kappa shape index (κ1) is 11.9. The van der Waals surface area contributed by atoms with Crippen LogP contribution >= 0.6 is 0 Å². The fraction of sp³-hybridized carbons (Fsp3) is 0.636. The maximum atomic E-state index is 9.12. The Morgan fingerprint density at radius 1 is 1.33 bits per heavy atom. The molecule has 1 aromatic heterocycles. The van der Waals surface area contributed by atoms with Gasteiger partial charge in [-0.1, -0.05) is 13.8 Å². The first-order valence-electron chi connectivity index (χ1n) is 5.30. The summed E-state index contributed by atoms with van der Waals surface area (Å²) in [6.07, 6.45) is 2.14. The lowest BCUT2D eigenvalue weighted by Crippen LogP contribution is -2.16. The van der Waals surface area contributed by atoms with E-state index in [4.69, 9.17) is 5.11 Å². The Balaban J connectivity index is 2.57.